The Balaban J connectivity index is 2.28. The van der Waals surface area contributed by atoms with Crippen molar-refractivity contribution in [3.05, 3.63) is 40.9 Å². The lowest BCUT2D eigenvalue weighted by Crippen LogP contribution is -2.23. The first-order chi connectivity index (χ1) is 15.8. The topological polar surface area (TPSA) is 134 Å². The molecule has 3 N–H and O–H groups in total. The Kier molecular flexibility index (Phi) is 9.34. The van der Waals surface area contributed by atoms with Crippen LogP contribution in [0.3, 0.4) is 0 Å². The van der Waals surface area contributed by atoms with Gasteiger partial charge in [0.05, 0.1) is 52.0 Å². The molecule has 1 aromatic heterocycles. The van der Waals surface area contributed by atoms with E-state index in [1.54, 1.807) is 18.2 Å². The fraction of sp³-hybridized carbons (Fsp3) is 0.364. The van der Waals surface area contributed by atoms with Crippen LogP contribution in [0, 0.1) is 0 Å². The van der Waals surface area contributed by atoms with Crippen LogP contribution in [0.1, 0.15) is 18.1 Å². The Hall–Kier alpha value is -3.47. The highest BCUT2D eigenvalue weighted by molar-refractivity contribution is 7.93. The van der Waals surface area contributed by atoms with E-state index in [2.05, 4.69) is 15.3 Å². The standard InChI is InChI=1S/C22H30N4O6S/c1-6-24-21(23)13-25-18-9-15(12-26-22(18)32-5)14-33(27,28)8-7-17-19(30-3)10-16(29-2)11-20(17)31-4/h7-12,25H,6,13-14H2,1-5H3,(H2,23,24). The second kappa shape index (κ2) is 12.0. The number of rotatable bonds is 12. The van der Waals surface area contributed by atoms with Crippen molar-refractivity contribution in [2.75, 3.05) is 46.8 Å². The number of ether oxygens (including phenoxy) is 4. The molecule has 2 aromatic rings. The lowest BCUT2D eigenvalue weighted by molar-refractivity contribution is 0.374. The molecular weight excluding hydrogens is 448 g/mol. The van der Waals surface area contributed by atoms with E-state index < -0.39 is 9.84 Å². The molecule has 0 amide bonds. The van der Waals surface area contributed by atoms with Crippen LogP contribution in [0.5, 0.6) is 23.1 Å². The minimum absolute atomic E-state index is 0.269. The first-order valence-electron chi connectivity index (χ1n) is 10.0. The lowest BCUT2D eigenvalue weighted by Gasteiger charge is -2.13. The first kappa shape index (κ1) is 25.8. The van der Waals surface area contributed by atoms with E-state index in [9.17, 15) is 8.42 Å². The third-order valence-electron chi connectivity index (χ3n) is 4.49. The van der Waals surface area contributed by atoms with E-state index >= 15 is 0 Å². The van der Waals surface area contributed by atoms with E-state index in [1.165, 1.54) is 40.7 Å². The molecule has 0 aliphatic rings. The summed E-state index contributed by atoms with van der Waals surface area (Å²) in [6, 6.07) is 4.95. The molecule has 0 saturated heterocycles. The smallest absolute Gasteiger partial charge is 0.237 e. The lowest BCUT2D eigenvalue weighted by atomic mass is 10.1. The highest BCUT2D eigenvalue weighted by Crippen LogP contribution is 2.35. The maximum Gasteiger partial charge on any atom is 0.237 e. The molecular formula is C22H30N4O6S. The third kappa shape index (κ3) is 7.28. The zero-order chi connectivity index (χ0) is 24.4. The summed E-state index contributed by atoms with van der Waals surface area (Å²) in [6.45, 7) is 2.72. The van der Waals surface area contributed by atoms with Gasteiger partial charge in [0.15, 0.2) is 9.84 Å². The van der Waals surface area contributed by atoms with Gasteiger partial charge in [0.2, 0.25) is 5.88 Å². The summed E-state index contributed by atoms with van der Waals surface area (Å²) < 4.78 is 46.8. The molecule has 2 rings (SSSR count). The van der Waals surface area contributed by atoms with Crippen molar-refractivity contribution in [1.82, 2.24) is 4.98 Å². The summed E-state index contributed by atoms with van der Waals surface area (Å²) in [7, 11) is 2.31. The molecule has 180 valence electrons. The van der Waals surface area contributed by atoms with Crippen LogP contribution in [0.15, 0.2) is 34.8 Å². The monoisotopic (exact) mass is 478 g/mol. The molecule has 0 aliphatic carbocycles. The van der Waals surface area contributed by atoms with Crippen molar-refractivity contribution in [2.45, 2.75) is 12.7 Å². The van der Waals surface area contributed by atoms with Crippen LogP contribution < -0.4 is 30.0 Å². The largest absolute Gasteiger partial charge is 0.496 e. The van der Waals surface area contributed by atoms with Crippen molar-refractivity contribution in [3.63, 3.8) is 0 Å². The number of nitrogens with zero attached hydrogens (tertiary/aromatic N) is 2. The Bertz CT molecular complexity index is 1090. The second-order valence-electron chi connectivity index (χ2n) is 6.78. The average Bonchev–Trinajstić information content (AvgIpc) is 2.80. The van der Waals surface area contributed by atoms with Crippen LogP contribution in [0.25, 0.3) is 6.08 Å². The normalized spacial score (nSPS) is 12.0. The molecule has 0 aliphatic heterocycles. The molecule has 0 fully saturated rings. The number of nitrogens with two attached hydrogens (primary N) is 1. The SMILES string of the molecule is CCN=C(N)CNc1cc(CS(=O)(=O)C=Cc2c(OC)cc(OC)cc2OC)cnc1OC. The van der Waals surface area contributed by atoms with Gasteiger partial charge in [-0.15, -0.1) is 0 Å². The zero-order valence-corrected chi connectivity index (χ0v) is 20.2. The number of aromatic nitrogens is 1. The van der Waals surface area contributed by atoms with E-state index in [0.717, 1.165) is 5.41 Å². The van der Waals surface area contributed by atoms with Crippen molar-refractivity contribution >= 4 is 27.4 Å². The van der Waals surface area contributed by atoms with Crippen LogP contribution >= 0.6 is 0 Å². The van der Waals surface area contributed by atoms with Crippen LogP contribution in [0.4, 0.5) is 5.69 Å². The maximum absolute atomic E-state index is 12.8. The van der Waals surface area contributed by atoms with Crippen LogP contribution in [0.2, 0.25) is 0 Å². The minimum atomic E-state index is -3.65. The summed E-state index contributed by atoms with van der Waals surface area (Å²) in [4.78, 5) is 8.30. The molecule has 10 nitrogen and oxygen atoms in total. The molecule has 1 heterocycles. The molecule has 33 heavy (non-hydrogen) atoms. The van der Waals surface area contributed by atoms with E-state index in [1.807, 2.05) is 6.92 Å². The summed E-state index contributed by atoms with van der Waals surface area (Å²) in [5.41, 5.74) is 7.28. The van der Waals surface area contributed by atoms with Crippen molar-refractivity contribution < 1.29 is 27.4 Å². The predicted octanol–water partition coefficient (Wildman–Crippen LogP) is 2.49. The van der Waals surface area contributed by atoms with Gasteiger partial charge in [0.1, 0.15) is 23.1 Å². The van der Waals surface area contributed by atoms with Crippen LogP contribution in [-0.2, 0) is 15.6 Å². The van der Waals surface area contributed by atoms with E-state index in [-0.39, 0.29) is 12.3 Å². The van der Waals surface area contributed by atoms with Crippen molar-refractivity contribution in [3.8, 4) is 23.1 Å². The van der Waals surface area contributed by atoms with Crippen LogP contribution in [-0.4, -0.2) is 60.8 Å². The molecule has 0 saturated carbocycles. The van der Waals surface area contributed by atoms with Gasteiger partial charge >= 0.3 is 0 Å². The second-order valence-corrected chi connectivity index (χ2v) is 8.66. The predicted molar refractivity (Wildman–Crippen MR) is 129 cm³/mol. The van der Waals surface area contributed by atoms with Gasteiger partial charge < -0.3 is 30.0 Å². The fourth-order valence-corrected chi connectivity index (χ4v) is 4.02. The summed E-state index contributed by atoms with van der Waals surface area (Å²) >= 11 is 0. The fourth-order valence-electron chi connectivity index (χ4n) is 2.96. The highest BCUT2D eigenvalue weighted by atomic mass is 32.2. The molecule has 0 atom stereocenters. The first-order valence-corrected chi connectivity index (χ1v) is 11.7. The van der Waals surface area contributed by atoms with Gasteiger partial charge in [0.25, 0.3) is 0 Å². The molecule has 0 radical (unpaired) electrons. The number of nitrogens with one attached hydrogen (secondary N) is 1. The highest BCUT2D eigenvalue weighted by Gasteiger charge is 2.15. The van der Waals surface area contributed by atoms with E-state index in [0.29, 0.717) is 52.3 Å². The number of aliphatic imine (C=N–C) groups is 1. The van der Waals surface area contributed by atoms with E-state index in [4.69, 9.17) is 24.7 Å². The summed E-state index contributed by atoms with van der Waals surface area (Å²) in [5.74, 6) is 1.83. The number of hydrogen-bond acceptors (Lipinski definition) is 9. The Morgan fingerprint density at radius 2 is 1.76 bits per heavy atom. The number of hydrogen-bond donors (Lipinski definition) is 2. The third-order valence-corrected chi connectivity index (χ3v) is 5.77. The Morgan fingerprint density at radius 3 is 2.30 bits per heavy atom. The zero-order valence-electron chi connectivity index (χ0n) is 19.4. The number of benzene rings is 1. The quantitative estimate of drug-likeness (QED) is 0.348. The van der Waals surface area contributed by atoms with Gasteiger partial charge in [-0.05, 0) is 24.6 Å². The Morgan fingerprint density at radius 1 is 1.09 bits per heavy atom. The number of amidine groups is 1. The number of anilines is 1. The average molecular weight is 479 g/mol. The molecule has 11 heteroatoms. The number of pyridine rings is 1. The van der Waals surface area contributed by atoms with Gasteiger partial charge in [-0.3, -0.25) is 4.99 Å². The molecule has 1 aromatic carbocycles. The summed E-state index contributed by atoms with van der Waals surface area (Å²) in [6.07, 6.45) is 2.89. The maximum atomic E-state index is 12.8. The molecule has 0 bridgehead atoms. The summed E-state index contributed by atoms with van der Waals surface area (Å²) in [5, 5.41) is 4.19. The van der Waals surface area contributed by atoms with Gasteiger partial charge in [-0.25, -0.2) is 13.4 Å². The van der Waals surface area contributed by atoms with Crippen molar-refractivity contribution in [1.29, 1.82) is 0 Å². The van der Waals surface area contributed by atoms with Crippen molar-refractivity contribution in [2.24, 2.45) is 10.7 Å². The molecule has 0 spiro atoms. The van der Waals surface area contributed by atoms with Gasteiger partial charge in [-0.2, -0.15) is 0 Å². The number of sulfone groups is 1. The van der Waals surface area contributed by atoms with Gasteiger partial charge in [0, 0.05) is 30.3 Å². The Labute approximate surface area is 194 Å². The minimum Gasteiger partial charge on any atom is -0.496 e. The number of methoxy groups -OCH3 is 4. The molecule has 0 unspecified atom stereocenters. The van der Waals surface area contributed by atoms with Gasteiger partial charge in [-0.1, -0.05) is 0 Å².